The first-order chi connectivity index (χ1) is 6.04. The molecule has 1 rings (SSSR count). The summed E-state index contributed by atoms with van der Waals surface area (Å²) in [6.07, 6.45) is -4.22. The maximum Gasteiger partial charge on any atom is 0.473 e. The first kappa shape index (κ1) is 11.3. The van der Waals surface area contributed by atoms with Crippen molar-refractivity contribution in [3.05, 3.63) is 35.4 Å². The van der Waals surface area contributed by atoms with Crippen molar-refractivity contribution in [1.29, 1.82) is 0 Å². The predicted octanol–water partition coefficient (Wildman–Crippen LogP) is 3.22. The average Bonchev–Trinajstić information content (AvgIpc) is 2.04. The maximum absolute atomic E-state index is 12.2. The molecule has 1 aromatic carbocycles. The molecule has 0 fully saturated rings. The van der Waals surface area contributed by atoms with E-state index in [-0.39, 0.29) is 0 Å². The third-order valence-corrected chi connectivity index (χ3v) is 3.59. The Morgan fingerprint density at radius 3 is 2.54 bits per heavy atom. The molecule has 0 atom stereocenters. The van der Waals surface area contributed by atoms with Crippen molar-refractivity contribution in [2.24, 2.45) is 0 Å². The zero-order valence-corrected chi connectivity index (χ0v) is 9.74. The summed E-state index contributed by atoms with van der Waals surface area (Å²) in [4.78, 5) is 0. The minimum absolute atomic E-state index is 0.399. The van der Waals surface area contributed by atoms with E-state index in [9.17, 15) is 13.2 Å². The van der Waals surface area contributed by atoms with E-state index >= 15 is 0 Å². The van der Waals surface area contributed by atoms with E-state index in [1.54, 1.807) is 6.07 Å². The van der Waals surface area contributed by atoms with Crippen molar-refractivity contribution in [3.63, 3.8) is 0 Å². The van der Waals surface area contributed by atoms with Gasteiger partial charge in [0.25, 0.3) is 0 Å². The van der Waals surface area contributed by atoms with Gasteiger partial charge >= 0.3 is 24.4 Å². The molecule has 13 heavy (non-hydrogen) atoms. The molecule has 0 heterocycles. The summed E-state index contributed by atoms with van der Waals surface area (Å²) in [6.45, 7) is 0. The standard InChI is InChI=1S/C8H6F3.BrH.Mg/c1-6-3-2-4-7(5-6)8(9,10)11;;/h2-5H,1H2;1H;/q;;+1/p-1. The van der Waals surface area contributed by atoms with Gasteiger partial charge in [0.15, 0.2) is 0 Å². The van der Waals surface area contributed by atoms with Crippen molar-refractivity contribution in [2.45, 2.75) is 10.7 Å². The third-order valence-electron chi connectivity index (χ3n) is 1.64. The molecular formula is C8H6BrF3Mg. The van der Waals surface area contributed by atoms with E-state index in [4.69, 9.17) is 0 Å². The SMILES string of the molecule is FC(F)(F)c1cccc([CH2][Mg][Br])c1. The Balaban J connectivity index is 2.92. The summed E-state index contributed by atoms with van der Waals surface area (Å²) in [7, 11) is 0. The Hall–Kier alpha value is 0.256. The zero-order valence-electron chi connectivity index (χ0n) is 6.74. The Labute approximate surface area is 90.1 Å². The lowest BCUT2D eigenvalue weighted by molar-refractivity contribution is -0.137. The third kappa shape index (κ3) is 3.48. The first-order valence-corrected chi connectivity index (χ1v) is 8.66. The second-order valence-electron chi connectivity index (χ2n) is 2.64. The van der Waals surface area contributed by atoms with E-state index in [0.717, 1.165) is 16.2 Å². The largest absolute Gasteiger partial charge is 0.473 e. The summed E-state index contributed by atoms with van der Waals surface area (Å²) in [5.41, 5.74) is 0.207. The summed E-state index contributed by atoms with van der Waals surface area (Å²) >= 11 is 2.92. The topological polar surface area (TPSA) is 0 Å². The highest BCUT2D eigenvalue weighted by atomic mass is 79.9. The summed E-state index contributed by atoms with van der Waals surface area (Å²) < 4.78 is 37.4. The van der Waals surface area contributed by atoms with Crippen LogP contribution in [0.2, 0.25) is 0 Å². The van der Waals surface area contributed by atoms with Crippen LogP contribution in [0.3, 0.4) is 0 Å². The number of alkyl halides is 3. The molecule has 0 aliphatic rings. The number of benzene rings is 1. The van der Waals surface area contributed by atoms with Crippen LogP contribution >= 0.6 is 12.9 Å². The van der Waals surface area contributed by atoms with Gasteiger partial charge in [0.1, 0.15) is 0 Å². The van der Waals surface area contributed by atoms with Crippen LogP contribution in [-0.4, -0.2) is 18.2 Å². The minimum Gasteiger partial charge on any atom is -0.306 e. The van der Waals surface area contributed by atoms with E-state index in [1.165, 1.54) is 12.1 Å². The van der Waals surface area contributed by atoms with Gasteiger partial charge in [0, 0.05) is 0 Å². The number of hydrogen-bond acceptors (Lipinski definition) is 0. The van der Waals surface area contributed by atoms with Gasteiger partial charge in [-0.2, -0.15) is 13.2 Å². The monoisotopic (exact) mass is 262 g/mol. The molecule has 0 saturated carbocycles. The molecule has 1 aromatic rings. The van der Waals surface area contributed by atoms with Crippen molar-refractivity contribution in [1.82, 2.24) is 0 Å². The van der Waals surface area contributed by atoms with E-state index in [0.29, 0.717) is 0 Å². The quantitative estimate of drug-likeness (QED) is 0.719. The molecule has 0 nitrogen and oxygen atoms in total. The van der Waals surface area contributed by atoms with Gasteiger partial charge in [0.05, 0.1) is 5.56 Å². The lowest BCUT2D eigenvalue weighted by Gasteiger charge is -2.07. The normalized spacial score (nSPS) is 11.1. The van der Waals surface area contributed by atoms with Crippen molar-refractivity contribution in [2.75, 3.05) is 0 Å². The van der Waals surface area contributed by atoms with E-state index in [2.05, 4.69) is 12.9 Å². The molecule has 0 unspecified atom stereocenters. The molecule has 0 aliphatic carbocycles. The summed E-state index contributed by atoms with van der Waals surface area (Å²) in [6, 6.07) is 5.49. The van der Waals surface area contributed by atoms with Gasteiger partial charge in [-0.1, -0.05) is 23.8 Å². The Morgan fingerprint density at radius 1 is 1.31 bits per heavy atom. The van der Waals surface area contributed by atoms with Gasteiger partial charge in [-0.15, -0.1) is 4.55 Å². The Bertz CT molecular complexity index is 285. The number of halogens is 4. The van der Waals surface area contributed by atoms with E-state index in [1.807, 2.05) is 0 Å². The molecule has 0 spiro atoms. The lowest BCUT2D eigenvalue weighted by atomic mass is 10.1. The summed E-state index contributed by atoms with van der Waals surface area (Å²) in [5.74, 6) is 0. The number of hydrogen-bond donors (Lipinski definition) is 0. The second-order valence-corrected chi connectivity index (χ2v) is 5.89. The Kier molecular flexibility index (Phi) is 4.06. The molecule has 68 valence electrons. The predicted molar refractivity (Wildman–Crippen MR) is 49.8 cm³/mol. The fourth-order valence-electron chi connectivity index (χ4n) is 1.01. The van der Waals surface area contributed by atoms with E-state index < -0.39 is 29.9 Å². The zero-order chi connectivity index (χ0) is 9.90. The molecule has 0 radical (unpaired) electrons. The number of rotatable bonds is 2. The van der Waals surface area contributed by atoms with Crippen LogP contribution in [0, 0.1) is 0 Å². The van der Waals surface area contributed by atoms with Crippen LogP contribution in [0.4, 0.5) is 13.2 Å². The van der Waals surface area contributed by atoms with Crippen molar-refractivity contribution < 1.29 is 13.2 Å². The molecule has 5 heteroatoms. The second kappa shape index (κ2) is 4.66. The van der Waals surface area contributed by atoms with Crippen molar-refractivity contribution >= 4 is 31.1 Å². The molecule has 0 aliphatic heterocycles. The smallest absolute Gasteiger partial charge is 0.306 e. The molecule has 0 bridgehead atoms. The van der Waals surface area contributed by atoms with Gasteiger partial charge in [-0.25, -0.2) is 0 Å². The van der Waals surface area contributed by atoms with Crippen molar-refractivity contribution in [3.8, 4) is 0 Å². The van der Waals surface area contributed by atoms with Gasteiger partial charge < -0.3 is 12.9 Å². The molecule has 0 amide bonds. The minimum atomic E-state index is -4.22. The molecule has 0 N–H and O–H groups in total. The Morgan fingerprint density at radius 2 is 2.00 bits per heavy atom. The van der Waals surface area contributed by atoms with Gasteiger partial charge in [-0.05, 0) is 6.07 Å². The highest BCUT2D eigenvalue weighted by Crippen LogP contribution is 2.29. The molecular weight excluding hydrogens is 257 g/mol. The van der Waals surface area contributed by atoms with Crippen LogP contribution in [0.1, 0.15) is 11.1 Å². The first-order valence-electron chi connectivity index (χ1n) is 3.76. The average molecular weight is 263 g/mol. The van der Waals surface area contributed by atoms with Crippen LogP contribution in [0.25, 0.3) is 0 Å². The highest BCUT2D eigenvalue weighted by Gasteiger charge is 2.30. The van der Waals surface area contributed by atoms with Crippen LogP contribution in [0.5, 0.6) is 0 Å². The van der Waals surface area contributed by atoms with Gasteiger partial charge in [-0.3, -0.25) is 0 Å². The van der Waals surface area contributed by atoms with Crippen LogP contribution in [-0.2, 0) is 10.7 Å². The van der Waals surface area contributed by atoms with Gasteiger partial charge in [0.2, 0.25) is 0 Å². The maximum atomic E-state index is 12.2. The summed E-state index contributed by atoms with van der Waals surface area (Å²) in [5, 5.41) is 0. The molecule has 0 aromatic heterocycles. The lowest BCUT2D eigenvalue weighted by Crippen LogP contribution is -2.05. The van der Waals surface area contributed by atoms with Crippen LogP contribution < -0.4 is 0 Å². The fraction of sp³-hybridized carbons (Fsp3) is 0.250. The highest BCUT2D eigenvalue weighted by molar-refractivity contribution is 9.23. The molecule has 0 saturated heterocycles. The van der Waals surface area contributed by atoms with Crippen LogP contribution in [0.15, 0.2) is 24.3 Å². The fourth-order valence-corrected chi connectivity index (χ4v) is 2.92.